The fraction of sp³-hybridized carbons (Fsp3) is 0.500. The van der Waals surface area contributed by atoms with Gasteiger partial charge in [-0.05, 0) is 12.5 Å². The molecule has 4 nitrogen and oxygen atoms in total. The van der Waals surface area contributed by atoms with Gasteiger partial charge in [0.25, 0.3) is 0 Å². The number of hydrogen-bond donors (Lipinski definition) is 0. The maximum atomic E-state index is 10.6. The van der Waals surface area contributed by atoms with E-state index in [2.05, 4.69) is 6.58 Å². The van der Waals surface area contributed by atoms with Crippen molar-refractivity contribution in [2.24, 2.45) is 0 Å². The highest BCUT2D eigenvalue weighted by Crippen LogP contribution is 2.28. The summed E-state index contributed by atoms with van der Waals surface area (Å²) in [6, 6.07) is 0. The van der Waals surface area contributed by atoms with E-state index in [0.29, 0.717) is 5.57 Å². The lowest BCUT2D eigenvalue weighted by Gasteiger charge is -2.18. The molecule has 0 saturated carbocycles. The highest BCUT2D eigenvalue weighted by molar-refractivity contribution is 6.31. The summed E-state index contributed by atoms with van der Waals surface area (Å²) in [5.74, 6) is 0. The van der Waals surface area contributed by atoms with Crippen molar-refractivity contribution >= 4 is 11.6 Å². The van der Waals surface area contributed by atoms with Crippen molar-refractivity contribution in [2.45, 2.75) is 19.6 Å². The summed E-state index contributed by atoms with van der Waals surface area (Å²) < 4.78 is 4.75. The van der Waals surface area contributed by atoms with Crippen molar-refractivity contribution in [1.29, 1.82) is 0 Å². The van der Waals surface area contributed by atoms with Gasteiger partial charge in [0.2, 0.25) is 0 Å². The second-order valence-corrected chi connectivity index (χ2v) is 3.02. The lowest BCUT2D eigenvalue weighted by molar-refractivity contribution is -0.607. The van der Waals surface area contributed by atoms with Crippen molar-refractivity contribution in [3.63, 3.8) is 0 Å². The van der Waals surface area contributed by atoms with Crippen molar-refractivity contribution < 1.29 is 9.66 Å². The van der Waals surface area contributed by atoms with E-state index >= 15 is 0 Å². The Hall–Kier alpha value is -0.870. The fourth-order valence-electron chi connectivity index (χ4n) is 0.700. The van der Waals surface area contributed by atoms with Crippen LogP contribution in [0.15, 0.2) is 23.3 Å². The van der Waals surface area contributed by atoms with Crippen LogP contribution in [-0.4, -0.2) is 17.8 Å². The predicted molar refractivity (Wildman–Crippen MR) is 51.2 cm³/mol. The van der Waals surface area contributed by atoms with Crippen LogP contribution in [0.25, 0.3) is 0 Å². The Kier molecular flexibility index (Phi) is 4.10. The van der Waals surface area contributed by atoms with Gasteiger partial charge in [0, 0.05) is 14.0 Å². The zero-order chi connectivity index (χ0) is 10.6. The molecule has 0 spiro atoms. The van der Waals surface area contributed by atoms with Crippen LogP contribution in [-0.2, 0) is 4.74 Å². The Balaban J connectivity index is 5.21. The van der Waals surface area contributed by atoms with E-state index in [1.54, 1.807) is 6.92 Å². The van der Waals surface area contributed by atoms with Crippen LogP contribution in [0.2, 0.25) is 0 Å². The fourth-order valence-corrected chi connectivity index (χ4v) is 0.923. The van der Waals surface area contributed by atoms with Crippen LogP contribution < -0.4 is 0 Å². The molecule has 1 unspecified atom stereocenters. The van der Waals surface area contributed by atoms with Crippen molar-refractivity contribution in [3.05, 3.63) is 33.4 Å². The van der Waals surface area contributed by atoms with E-state index in [1.165, 1.54) is 20.1 Å². The Labute approximate surface area is 82.0 Å². The minimum absolute atomic E-state index is 0.0370. The zero-order valence-electron chi connectivity index (χ0n) is 7.83. The van der Waals surface area contributed by atoms with E-state index < -0.39 is 10.6 Å². The van der Waals surface area contributed by atoms with Gasteiger partial charge in [-0.1, -0.05) is 24.3 Å². The zero-order valence-corrected chi connectivity index (χ0v) is 8.59. The van der Waals surface area contributed by atoms with Gasteiger partial charge in [0.05, 0.1) is 4.92 Å². The van der Waals surface area contributed by atoms with Gasteiger partial charge >= 0.3 is 5.72 Å². The van der Waals surface area contributed by atoms with Gasteiger partial charge in [-0.15, -0.1) is 0 Å². The third-order valence-electron chi connectivity index (χ3n) is 1.81. The lowest BCUT2D eigenvalue weighted by atomic mass is 10.1. The number of ether oxygens (including phenoxy) is 1. The first-order chi connectivity index (χ1) is 5.90. The standard InChI is InChI=1S/C8H12ClNO3/c1-5-6(2)7(9)8(3,13-4)10(11)12/h5H,1H2,2-4H3. The van der Waals surface area contributed by atoms with E-state index in [0.717, 1.165) is 0 Å². The summed E-state index contributed by atoms with van der Waals surface area (Å²) in [6.07, 6.45) is 1.45. The van der Waals surface area contributed by atoms with Crippen LogP contribution in [0.4, 0.5) is 0 Å². The van der Waals surface area contributed by atoms with E-state index in [9.17, 15) is 10.1 Å². The van der Waals surface area contributed by atoms with Gasteiger partial charge in [-0.2, -0.15) is 0 Å². The monoisotopic (exact) mass is 205 g/mol. The van der Waals surface area contributed by atoms with E-state index in [1.807, 2.05) is 0 Å². The molecule has 5 heteroatoms. The molecule has 0 aromatic heterocycles. The first-order valence-corrected chi connectivity index (χ1v) is 3.96. The van der Waals surface area contributed by atoms with Crippen LogP contribution in [0, 0.1) is 10.1 Å². The number of nitrogens with zero attached hydrogens (tertiary/aromatic N) is 1. The largest absolute Gasteiger partial charge is 0.359 e. The molecule has 13 heavy (non-hydrogen) atoms. The first kappa shape index (κ1) is 12.1. The first-order valence-electron chi connectivity index (χ1n) is 3.59. The SMILES string of the molecule is C=CC(C)=C(Cl)C(C)(OC)[N+](=O)[O-]. The minimum atomic E-state index is -1.68. The smallest absolute Gasteiger partial charge is 0.314 e. The molecule has 0 rings (SSSR count). The molecule has 0 amide bonds. The Morgan fingerprint density at radius 3 is 2.46 bits per heavy atom. The van der Waals surface area contributed by atoms with E-state index in [-0.39, 0.29) is 5.03 Å². The van der Waals surface area contributed by atoms with Gasteiger partial charge in [0.15, 0.2) is 0 Å². The molecule has 0 aromatic rings. The van der Waals surface area contributed by atoms with Gasteiger partial charge in [-0.25, -0.2) is 0 Å². The number of allylic oxidation sites excluding steroid dienone is 2. The maximum absolute atomic E-state index is 10.6. The van der Waals surface area contributed by atoms with Gasteiger partial charge in [0.1, 0.15) is 5.03 Å². The summed E-state index contributed by atoms with van der Waals surface area (Å²) in [5, 5.41) is 10.7. The quantitative estimate of drug-likeness (QED) is 0.306. The van der Waals surface area contributed by atoms with Crippen molar-refractivity contribution in [2.75, 3.05) is 7.11 Å². The third-order valence-corrected chi connectivity index (χ3v) is 2.45. The number of halogens is 1. The van der Waals surface area contributed by atoms with Crippen LogP contribution >= 0.6 is 11.6 Å². The van der Waals surface area contributed by atoms with Crippen molar-refractivity contribution in [1.82, 2.24) is 0 Å². The molecule has 0 aliphatic rings. The summed E-state index contributed by atoms with van der Waals surface area (Å²) in [6.45, 7) is 6.40. The lowest BCUT2D eigenvalue weighted by Crippen LogP contribution is -2.37. The summed E-state index contributed by atoms with van der Waals surface area (Å²) >= 11 is 5.78. The van der Waals surface area contributed by atoms with E-state index in [4.69, 9.17) is 16.3 Å². The second kappa shape index (κ2) is 4.39. The molecule has 0 heterocycles. The van der Waals surface area contributed by atoms with Crippen molar-refractivity contribution in [3.8, 4) is 0 Å². The number of methoxy groups -OCH3 is 1. The predicted octanol–water partition coefficient (Wildman–Crippen LogP) is 2.32. The Morgan fingerprint density at radius 1 is 1.77 bits per heavy atom. The van der Waals surface area contributed by atoms with Crippen LogP contribution in [0.3, 0.4) is 0 Å². The molecular formula is C8H12ClNO3. The minimum Gasteiger partial charge on any atom is -0.314 e. The Morgan fingerprint density at radius 2 is 2.23 bits per heavy atom. The van der Waals surface area contributed by atoms with Crippen LogP contribution in [0.1, 0.15) is 13.8 Å². The summed E-state index contributed by atoms with van der Waals surface area (Å²) in [4.78, 5) is 10.1. The summed E-state index contributed by atoms with van der Waals surface area (Å²) in [5.41, 5.74) is -1.15. The molecule has 0 N–H and O–H groups in total. The number of nitro groups is 1. The molecule has 0 aliphatic carbocycles. The molecule has 0 bridgehead atoms. The van der Waals surface area contributed by atoms with Crippen LogP contribution in [0.5, 0.6) is 0 Å². The molecule has 0 radical (unpaired) electrons. The highest BCUT2D eigenvalue weighted by Gasteiger charge is 2.42. The number of hydrogen-bond acceptors (Lipinski definition) is 3. The molecule has 0 saturated heterocycles. The Bertz CT molecular complexity index is 262. The molecule has 0 aliphatic heterocycles. The number of rotatable bonds is 4. The summed E-state index contributed by atoms with van der Waals surface area (Å²) in [7, 11) is 1.24. The second-order valence-electron chi connectivity index (χ2n) is 2.65. The highest BCUT2D eigenvalue weighted by atomic mass is 35.5. The topological polar surface area (TPSA) is 52.4 Å². The molecule has 1 atom stereocenters. The van der Waals surface area contributed by atoms with Gasteiger partial charge in [-0.3, -0.25) is 10.1 Å². The normalized spacial score (nSPS) is 17.2. The average molecular weight is 206 g/mol. The molecular weight excluding hydrogens is 194 g/mol. The molecule has 0 fully saturated rings. The third kappa shape index (κ3) is 2.29. The van der Waals surface area contributed by atoms with Gasteiger partial charge < -0.3 is 4.74 Å². The molecule has 74 valence electrons. The average Bonchev–Trinajstić information content (AvgIpc) is 2.13. The molecule has 0 aromatic carbocycles. The maximum Gasteiger partial charge on any atom is 0.359 e.